The minimum absolute atomic E-state index is 0.252. The van der Waals surface area contributed by atoms with Crippen LogP contribution in [0.25, 0.3) is 0 Å². The second kappa shape index (κ2) is 9.45. The number of rotatable bonds is 8. The molecule has 1 aromatic heterocycles. The minimum atomic E-state index is -0.252. The molecule has 150 valence electrons. The van der Waals surface area contributed by atoms with E-state index in [4.69, 9.17) is 14.2 Å². The zero-order chi connectivity index (χ0) is 20.6. The molecule has 2 N–H and O–H groups in total. The van der Waals surface area contributed by atoms with Crippen molar-refractivity contribution in [1.29, 1.82) is 0 Å². The smallest absolute Gasteiger partial charge is 0.257 e. The van der Waals surface area contributed by atoms with Crippen molar-refractivity contribution < 1.29 is 19.0 Å². The molecular weight excluding hydrogens is 370 g/mol. The third kappa shape index (κ3) is 5.16. The van der Waals surface area contributed by atoms with Gasteiger partial charge in [0.25, 0.3) is 5.91 Å². The minimum Gasteiger partial charge on any atom is -0.494 e. The molecule has 0 aliphatic carbocycles. The van der Waals surface area contributed by atoms with Crippen LogP contribution in [0.5, 0.6) is 17.2 Å². The summed E-state index contributed by atoms with van der Waals surface area (Å²) in [5.74, 6) is 1.75. The third-order valence-corrected chi connectivity index (χ3v) is 4.10. The number of hydrogen-bond acceptors (Lipinski definition) is 6. The molecule has 0 spiro atoms. The van der Waals surface area contributed by atoms with E-state index in [1.807, 2.05) is 31.2 Å². The molecule has 2 aromatic carbocycles. The number of aromatic nitrogens is 1. The summed E-state index contributed by atoms with van der Waals surface area (Å²) in [4.78, 5) is 16.7. The van der Waals surface area contributed by atoms with Gasteiger partial charge in [-0.05, 0) is 49.4 Å². The first-order valence-corrected chi connectivity index (χ1v) is 9.11. The average molecular weight is 393 g/mol. The fourth-order valence-corrected chi connectivity index (χ4v) is 2.72. The van der Waals surface area contributed by atoms with Gasteiger partial charge in [-0.25, -0.2) is 0 Å². The van der Waals surface area contributed by atoms with Crippen molar-refractivity contribution in [2.75, 3.05) is 31.5 Å². The van der Waals surface area contributed by atoms with Crippen LogP contribution in [-0.2, 0) is 0 Å². The molecule has 0 aliphatic rings. The van der Waals surface area contributed by atoms with Gasteiger partial charge in [-0.2, -0.15) is 0 Å². The van der Waals surface area contributed by atoms with Crippen LogP contribution in [0.1, 0.15) is 17.3 Å². The first kappa shape index (κ1) is 20.0. The predicted octanol–water partition coefficient (Wildman–Crippen LogP) is 4.49. The molecule has 0 unspecified atom stereocenters. The molecule has 7 nitrogen and oxygen atoms in total. The van der Waals surface area contributed by atoms with E-state index in [9.17, 15) is 4.79 Å². The second-order valence-electron chi connectivity index (χ2n) is 6.07. The quantitative estimate of drug-likeness (QED) is 0.587. The van der Waals surface area contributed by atoms with E-state index < -0.39 is 0 Å². The number of pyridine rings is 1. The summed E-state index contributed by atoms with van der Waals surface area (Å²) in [5, 5.41) is 6.07. The number of methoxy groups -OCH3 is 2. The van der Waals surface area contributed by atoms with Crippen molar-refractivity contribution >= 4 is 23.0 Å². The first-order chi connectivity index (χ1) is 14.1. The highest BCUT2D eigenvalue weighted by Gasteiger charge is 2.09. The largest absolute Gasteiger partial charge is 0.494 e. The molecule has 1 amide bonds. The number of carbonyl (C=O) groups excluding carboxylic acids is 1. The van der Waals surface area contributed by atoms with Crippen LogP contribution < -0.4 is 24.8 Å². The van der Waals surface area contributed by atoms with Gasteiger partial charge in [0.05, 0.1) is 38.3 Å². The van der Waals surface area contributed by atoms with Crippen LogP contribution in [-0.4, -0.2) is 31.7 Å². The van der Waals surface area contributed by atoms with E-state index in [1.165, 1.54) is 6.20 Å². The first-order valence-electron chi connectivity index (χ1n) is 9.11. The Bertz CT molecular complexity index is 974. The van der Waals surface area contributed by atoms with Crippen molar-refractivity contribution in [1.82, 2.24) is 4.98 Å². The number of carbonyl (C=O) groups is 1. The Hall–Kier alpha value is -3.74. The molecule has 0 aliphatic heterocycles. The summed E-state index contributed by atoms with van der Waals surface area (Å²) in [6.07, 6.45) is 3.16. The summed E-state index contributed by atoms with van der Waals surface area (Å²) in [6.45, 7) is 2.52. The van der Waals surface area contributed by atoms with E-state index in [0.29, 0.717) is 35.0 Å². The molecule has 29 heavy (non-hydrogen) atoms. The van der Waals surface area contributed by atoms with Crippen LogP contribution in [0, 0.1) is 0 Å². The molecule has 0 bridgehead atoms. The predicted molar refractivity (Wildman–Crippen MR) is 113 cm³/mol. The van der Waals surface area contributed by atoms with Gasteiger partial charge in [0.1, 0.15) is 5.75 Å². The van der Waals surface area contributed by atoms with Gasteiger partial charge in [-0.3, -0.25) is 9.78 Å². The van der Waals surface area contributed by atoms with Gasteiger partial charge >= 0.3 is 0 Å². The van der Waals surface area contributed by atoms with E-state index >= 15 is 0 Å². The number of ether oxygens (including phenoxy) is 3. The maximum absolute atomic E-state index is 12.6. The highest BCUT2D eigenvalue weighted by molar-refractivity contribution is 6.04. The lowest BCUT2D eigenvalue weighted by molar-refractivity contribution is 0.102. The lowest BCUT2D eigenvalue weighted by Crippen LogP contribution is -2.12. The standard InChI is InChI=1S/C22H23N3O4/c1-4-29-19-8-5-16(6-9-19)25-22(26)15-11-18(14-23-13-15)24-17-7-10-20(27-2)21(12-17)28-3/h5-14,24H,4H2,1-3H3,(H,25,26). The molecule has 7 heteroatoms. The Labute approximate surface area is 169 Å². The molecule has 1 heterocycles. The second-order valence-corrected chi connectivity index (χ2v) is 6.07. The van der Waals surface area contributed by atoms with Crippen molar-refractivity contribution in [2.24, 2.45) is 0 Å². The third-order valence-electron chi connectivity index (χ3n) is 4.10. The van der Waals surface area contributed by atoms with Crippen molar-refractivity contribution in [2.45, 2.75) is 6.92 Å². The summed E-state index contributed by atoms with van der Waals surface area (Å²) in [5.41, 5.74) is 2.58. The van der Waals surface area contributed by atoms with Crippen molar-refractivity contribution in [3.05, 3.63) is 66.5 Å². The lowest BCUT2D eigenvalue weighted by atomic mass is 10.2. The average Bonchev–Trinajstić information content (AvgIpc) is 2.75. The van der Waals surface area contributed by atoms with Gasteiger partial charge in [-0.15, -0.1) is 0 Å². The molecule has 0 saturated heterocycles. The van der Waals surface area contributed by atoms with E-state index in [0.717, 1.165) is 11.4 Å². The monoisotopic (exact) mass is 393 g/mol. The summed E-state index contributed by atoms with van der Waals surface area (Å²) < 4.78 is 16.0. The number of benzene rings is 2. The Balaban J connectivity index is 1.71. The highest BCUT2D eigenvalue weighted by Crippen LogP contribution is 2.31. The van der Waals surface area contributed by atoms with Gasteiger partial charge in [0, 0.05) is 23.6 Å². The summed E-state index contributed by atoms with van der Waals surface area (Å²) in [7, 11) is 3.16. The molecule has 0 fully saturated rings. The van der Waals surface area contributed by atoms with Crippen LogP contribution in [0.3, 0.4) is 0 Å². The fourth-order valence-electron chi connectivity index (χ4n) is 2.72. The molecule has 0 saturated carbocycles. The van der Waals surface area contributed by atoms with Gasteiger partial charge in [0.2, 0.25) is 0 Å². The number of nitrogens with zero attached hydrogens (tertiary/aromatic N) is 1. The van der Waals surface area contributed by atoms with Crippen molar-refractivity contribution in [3.8, 4) is 17.2 Å². The van der Waals surface area contributed by atoms with Crippen molar-refractivity contribution in [3.63, 3.8) is 0 Å². The summed E-state index contributed by atoms with van der Waals surface area (Å²) >= 11 is 0. The topological polar surface area (TPSA) is 81.7 Å². The summed E-state index contributed by atoms with van der Waals surface area (Å²) in [6, 6.07) is 14.4. The number of nitrogens with one attached hydrogen (secondary N) is 2. The normalized spacial score (nSPS) is 10.2. The van der Waals surface area contributed by atoms with Gasteiger partial charge < -0.3 is 24.8 Å². The van der Waals surface area contributed by atoms with Gasteiger partial charge in [-0.1, -0.05) is 0 Å². The number of amides is 1. The number of hydrogen-bond donors (Lipinski definition) is 2. The van der Waals surface area contributed by atoms with E-state index in [1.54, 1.807) is 44.7 Å². The Morgan fingerprint density at radius 1 is 0.897 bits per heavy atom. The van der Waals surface area contributed by atoms with Gasteiger partial charge in [0.15, 0.2) is 11.5 Å². The van der Waals surface area contributed by atoms with Crippen LogP contribution in [0.15, 0.2) is 60.9 Å². The Morgan fingerprint density at radius 2 is 1.62 bits per heavy atom. The molecule has 0 atom stereocenters. The van der Waals surface area contributed by atoms with E-state index in [-0.39, 0.29) is 5.91 Å². The van der Waals surface area contributed by atoms with Crippen LogP contribution in [0.2, 0.25) is 0 Å². The molecule has 3 aromatic rings. The fraction of sp³-hybridized carbons (Fsp3) is 0.182. The molecule has 3 rings (SSSR count). The van der Waals surface area contributed by atoms with Crippen LogP contribution >= 0.6 is 0 Å². The highest BCUT2D eigenvalue weighted by atomic mass is 16.5. The SMILES string of the molecule is CCOc1ccc(NC(=O)c2cncc(Nc3ccc(OC)c(OC)c3)c2)cc1. The lowest BCUT2D eigenvalue weighted by Gasteiger charge is -2.12. The Morgan fingerprint density at radius 3 is 2.31 bits per heavy atom. The van der Waals surface area contributed by atoms with E-state index in [2.05, 4.69) is 15.6 Å². The van der Waals surface area contributed by atoms with Crippen LogP contribution in [0.4, 0.5) is 17.1 Å². The maximum atomic E-state index is 12.6. The maximum Gasteiger partial charge on any atom is 0.257 e. The zero-order valence-electron chi connectivity index (χ0n) is 16.6. The molecule has 0 radical (unpaired) electrons. The molecular formula is C22H23N3O4. The number of anilines is 3. The zero-order valence-corrected chi connectivity index (χ0v) is 16.6. The Kier molecular flexibility index (Phi) is 6.52.